The number of ether oxygens (including phenoxy) is 1. The van der Waals surface area contributed by atoms with E-state index in [4.69, 9.17) is 0 Å². The van der Waals surface area contributed by atoms with Crippen molar-refractivity contribution in [2.75, 3.05) is 17.2 Å². The molecule has 2 amide bonds. The van der Waals surface area contributed by atoms with Crippen LogP contribution in [-0.4, -0.2) is 50.7 Å². The zero-order valence-corrected chi connectivity index (χ0v) is 25.6. The average molecular weight is 634 g/mol. The lowest BCUT2D eigenvalue weighted by Gasteiger charge is -2.37. The molecule has 1 fully saturated rings. The Morgan fingerprint density at radius 3 is 2.47 bits per heavy atom. The van der Waals surface area contributed by atoms with E-state index >= 15 is 0 Å². The SMILES string of the molecule is Cc1cccc(C)c1N1/C(=N/C(=O)NCC(C#N)c2ccc(-c3ncn(-c4ccc(OC(F)(F)F)cc4)n3)cc2)SCCC1C. The number of carbonyl (C=O) groups is 1. The van der Waals surface area contributed by atoms with Crippen molar-refractivity contribution in [3.8, 4) is 28.9 Å². The minimum Gasteiger partial charge on any atom is -0.406 e. The molecule has 4 aromatic rings. The normalized spacial score (nSPS) is 16.7. The van der Waals surface area contributed by atoms with E-state index in [9.17, 15) is 23.2 Å². The third-order valence-electron chi connectivity index (χ3n) is 7.30. The summed E-state index contributed by atoms with van der Waals surface area (Å²) in [7, 11) is 0. The molecule has 0 bridgehead atoms. The quantitative estimate of drug-likeness (QED) is 0.230. The number of amides is 2. The Hall–Kier alpha value is -4.83. The number of hydrogen-bond acceptors (Lipinski definition) is 6. The summed E-state index contributed by atoms with van der Waals surface area (Å²) in [5, 5.41) is 17.7. The second kappa shape index (κ2) is 13.4. The summed E-state index contributed by atoms with van der Waals surface area (Å²) in [4.78, 5) is 23.8. The number of amidine groups is 1. The van der Waals surface area contributed by atoms with Crippen molar-refractivity contribution in [2.45, 2.75) is 45.5 Å². The van der Waals surface area contributed by atoms with Crippen molar-refractivity contribution in [1.82, 2.24) is 20.1 Å². The van der Waals surface area contributed by atoms with Crippen molar-refractivity contribution in [1.29, 1.82) is 5.26 Å². The number of hydrogen-bond donors (Lipinski definition) is 1. The maximum Gasteiger partial charge on any atom is 0.573 e. The van der Waals surface area contributed by atoms with Crippen LogP contribution < -0.4 is 15.0 Å². The van der Waals surface area contributed by atoms with Crippen LogP contribution in [0.25, 0.3) is 17.1 Å². The Balaban J connectivity index is 1.23. The molecular formula is C32H30F3N7O2S. The zero-order valence-electron chi connectivity index (χ0n) is 24.7. The summed E-state index contributed by atoms with van der Waals surface area (Å²) in [6.07, 6.45) is -2.35. The van der Waals surface area contributed by atoms with E-state index in [0.717, 1.165) is 29.0 Å². The number of carbonyl (C=O) groups excluding carboxylic acids is 1. The molecule has 1 saturated heterocycles. The van der Waals surface area contributed by atoms with Crippen LogP contribution in [-0.2, 0) is 0 Å². The third kappa shape index (κ3) is 7.64. The number of halogens is 3. The van der Waals surface area contributed by atoms with Crippen molar-refractivity contribution in [3.05, 3.63) is 89.7 Å². The van der Waals surface area contributed by atoms with Gasteiger partial charge in [-0.3, -0.25) is 0 Å². The van der Waals surface area contributed by atoms with E-state index in [1.807, 2.05) is 6.07 Å². The molecule has 0 spiro atoms. The lowest BCUT2D eigenvalue weighted by Crippen LogP contribution is -2.43. The van der Waals surface area contributed by atoms with Gasteiger partial charge in [-0.2, -0.15) is 10.3 Å². The Labute approximate surface area is 262 Å². The zero-order chi connectivity index (χ0) is 32.1. The second-order valence-corrected chi connectivity index (χ2v) is 11.6. The van der Waals surface area contributed by atoms with E-state index in [2.05, 4.69) is 69.0 Å². The second-order valence-electron chi connectivity index (χ2n) is 10.5. The maximum atomic E-state index is 12.9. The monoisotopic (exact) mass is 633 g/mol. The molecule has 2 heterocycles. The fraction of sp³-hybridized carbons (Fsp3) is 0.281. The van der Waals surface area contributed by atoms with Crippen molar-refractivity contribution < 1.29 is 22.7 Å². The topological polar surface area (TPSA) is 108 Å². The van der Waals surface area contributed by atoms with Gasteiger partial charge in [0, 0.05) is 29.6 Å². The number of para-hydroxylation sites is 1. The van der Waals surface area contributed by atoms with Gasteiger partial charge in [0.2, 0.25) is 0 Å². The molecule has 1 aliphatic heterocycles. The van der Waals surface area contributed by atoms with Gasteiger partial charge in [0.15, 0.2) is 11.0 Å². The predicted octanol–water partition coefficient (Wildman–Crippen LogP) is 7.15. The molecular weight excluding hydrogens is 603 g/mol. The molecule has 2 unspecified atom stereocenters. The number of benzene rings is 3. The molecule has 1 N–H and O–H groups in total. The smallest absolute Gasteiger partial charge is 0.406 e. The highest BCUT2D eigenvalue weighted by atomic mass is 32.2. The molecule has 1 aromatic heterocycles. The van der Waals surface area contributed by atoms with Crippen LogP contribution in [0, 0.1) is 25.2 Å². The number of aromatic nitrogens is 3. The number of nitrogens with zero attached hydrogens (tertiary/aromatic N) is 6. The van der Waals surface area contributed by atoms with Crippen molar-refractivity contribution >= 4 is 28.6 Å². The van der Waals surface area contributed by atoms with Crippen LogP contribution in [0.5, 0.6) is 5.75 Å². The van der Waals surface area contributed by atoms with Gasteiger partial charge < -0.3 is 15.0 Å². The summed E-state index contributed by atoms with van der Waals surface area (Å²) >= 11 is 1.54. The molecule has 0 aliphatic carbocycles. The standard InChI is InChI=1S/C32H30F3N7O2S/c1-20-5-4-6-21(2)28(20)42-22(3)15-16-45-31(42)39-30(43)37-18-25(17-36)23-7-9-24(10-8-23)29-38-19-41(40-29)26-11-13-27(14-12-26)44-32(33,34)35/h4-14,19,22,25H,15-16,18H2,1-3H3,(H,37,43)/b39-31-. The molecule has 5 rings (SSSR count). The number of nitrogens with one attached hydrogen (secondary N) is 1. The number of nitriles is 1. The fourth-order valence-corrected chi connectivity index (χ4v) is 6.23. The highest BCUT2D eigenvalue weighted by molar-refractivity contribution is 8.14. The molecule has 232 valence electrons. The van der Waals surface area contributed by atoms with Crippen LogP contribution in [0.2, 0.25) is 0 Å². The first-order valence-corrected chi connectivity index (χ1v) is 15.1. The highest BCUT2D eigenvalue weighted by Crippen LogP contribution is 2.34. The molecule has 9 nitrogen and oxygen atoms in total. The average Bonchev–Trinajstić information content (AvgIpc) is 3.49. The molecule has 13 heteroatoms. The first-order chi connectivity index (χ1) is 21.5. The van der Waals surface area contributed by atoms with Gasteiger partial charge in [-0.05, 0) is 68.1 Å². The van der Waals surface area contributed by atoms with Crippen molar-refractivity contribution in [2.24, 2.45) is 4.99 Å². The minimum absolute atomic E-state index is 0.0794. The minimum atomic E-state index is -4.77. The third-order valence-corrected chi connectivity index (χ3v) is 8.29. The van der Waals surface area contributed by atoms with Crippen LogP contribution in [0.3, 0.4) is 0 Å². The van der Waals surface area contributed by atoms with E-state index in [1.54, 1.807) is 36.0 Å². The number of aryl methyl sites for hydroxylation is 2. The molecule has 0 saturated carbocycles. The number of aliphatic imine (C=N–C) groups is 1. The number of thioether (sulfide) groups is 1. The van der Waals surface area contributed by atoms with Crippen LogP contribution in [0.15, 0.2) is 78.0 Å². The number of anilines is 1. The van der Waals surface area contributed by atoms with E-state index < -0.39 is 18.3 Å². The molecule has 0 radical (unpaired) electrons. The molecule has 45 heavy (non-hydrogen) atoms. The predicted molar refractivity (Wildman–Crippen MR) is 168 cm³/mol. The summed E-state index contributed by atoms with van der Waals surface area (Å²) in [6, 6.07) is 20.4. The summed E-state index contributed by atoms with van der Waals surface area (Å²) < 4.78 is 42.6. The lowest BCUT2D eigenvalue weighted by atomic mass is 9.99. The Morgan fingerprint density at radius 2 is 1.82 bits per heavy atom. The van der Waals surface area contributed by atoms with Gasteiger partial charge in [0.25, 0.3) is 0 Å². The first-order valence-electron chi connectivity index (χ1n) is 14.1. The van der Waals surface area contributed by atoms with E-state index in [-0.39, 0.29) is 18.3 Å². The van der Waals surface area contributed by atoms with Gasteiger partial charge >= 0.3 is 12.4 Å². The largest absolute Gasteiger partial charge is 0.573 e. The van der Waals surface area contributed by atoms with E-state index in [0.29, 0.717) is 27.8 Å². The van der Waals surface area contributed by atoms with Gasteiger partial charge in [0.05, 0.1) is 17.7 Å². The van der Waals surface area contributed by atoms with Crippen LogP contribution >= 0.6 is 11.8 Å². The maximum absolute atomic E-state index is 12.9. The van der Waals surface area contributed by atoms with Gasteiger partial charge in [-0.1, -0.05) is 54.2 Å². The summed E-state index contributed by atoms with van der Waals surface area (Å²) in [6.45, 7) is 6.31. The molecule has 1 aliphatic rings. The Kier molecular flexibility index (Phi) is 9.43. The van der Waals surface area contributed by atoms with E-state index in [1.165, 1.54) is 35.3 Å². The highest BCUT2D eigenvalue weighted by Gasteiger charge is 2.31. The first kappa shape index (κ1) is 31.6. The van der Waals surface area contributed by atoms with Gasteiger partial charge in [-0.25, -0.2) is 14.5 Å². The van der Waals surface area contributed by atoms with Crippen LogP contribution in [0.1, 0.15) is 36.0 Å². The van der Waals surface area contributed by atoms with Crippen molar-refractivity contribution in [3.63, 3.8) is 0 Å². The molecule has 2 atom stereocenters. The van der Waals surface area contributed by atoms with Crippen LogP contribution in [0.4, 0.5) is 23.7 Å². The molecule has 3 aromatic carbocycles. The lowest BCUT2D eigenvalue weighted by molar-refractivity contribution is -0.274. The number of rotatable bonds is 7. The number of alkyl halides is 3. The Bertz CT molecular complexity index is 1710. The summed E-state index contributed by atoms with van der Waals surface area (Å²) in [5.41, 5.74) is 5.17. The fourth-order valence-electron chi connectivity index (χ4n) is 5.03. The summed E-state index contributed by atoms with van der Waals surface area (Å²) in [5.74, 6) is 0.305. The number of urea groups is 1. The van der Waals surface area contributed by atoms with Gasteiger partial charge in [-0.15, -0.1) is 18.3 Å². The van der Waals surface area contributed by atoms with Gasteiger partial charge in [0.1, 0.15) is 12.1 Å². The Morgan fingerprint density at radius 1 is 1.13 bits per heavy atom.